The zero-order valence-corrected chi connectivity index (χ0v) is 12.3. The van der Waals surface area contributed by atoms with Crippen LogP contribution in [0.2, 0.25) is 5.02 Å². The van der Waals surface area contributed by atoms with E-state index in [0.717, 1.165) is 0 Å². The number of hydrogen-bond acceptors (Lipinski definition) is 4. The number of nitriles is 1. The summed E-state index contributed by atoms with van der Waals surface area (Å²) in [6.07, 6.45) is 0. The molecule has 0 aliphatic rings. The van der Waals surface area contributed by atoms with Crippen LogP contribution in [0.5, 0.6) is 0 Å². The van der Waals surface area contributed by atoms with E-state index in [0.29, 0.717) is 0 Å². The first-order valence-corrected chi connectivity index (χ1v) is 7.59. The molecule has 3 N–H and O–H groups in total. The first-order chi connectivity index (χ1) is 8.77. The van der Waals surface area contributed by atoms with Gasteiger partial charge in [-0.25, -0.2) is 13.1 Å². The van der Waals surface area contributed by atoms with Crippen molar-refractivity contribution in [3.63, 3.8) is 0 Å². The molecule has 0 amide bonds. The number of hydrogen-bond donors (Lipinski definition) is 2. The minimum Gasteiger partial charge on any atom is -0.326 e. The number of nitrogens with zero attached hydrogens (tertiary/aromatic N) is 1. The van der Waals surface area contributed by atoms with Crippen molar-refractivity contribution >= 4 is 21.6 Å². The number of halogens is 1. The minimum atomic E-state index is -3.77. The maximum absolute atomic E-state index is 12.1. The van der Waals surface area contributed by atoms with Crippen LogP contribution in [-0.4, -0.2) is 21.0 Å². The summed E-state index contributed by atoms with van der Waals surface area (Å²) < 4.78 is 26.6. The lowest BCUT2D eigenvalue weighted by atomic mass is 10.1. The van der Waals surface area contributed by atoms with E-state index in [9.17, 15) is 8.42 Å². The SMILES string of the molecule is CC(C)C(N)CNS(=O)(=O)c1cc(C#N)ccc1Cl. The van der Waals surface area contributed by atoms with Gasteiger partial charge in [-0.2, -0.15) is 5.26 Å². The Morgan fingerprint density at radius 3 is 2.63 bits per heavy atom. The van der Waals surface area contributed by atoms with E-state index in [-0.39, 0.29) is 34.0 Å². The number of sulfonamides is 1. The lowest BCUT2D eigenvalue weighted by Crippen LogP contribution is -2.40. The topological polar surface area (TPSA) is 96.0 Å². The lowest BCUT2D eigenvalue weighted by Gasteiger charge is -2.16. The highest BCUT2D eigenvalue weighted by Gasteiger charge is 2.20. The molecule has 5 nitrogen and oxygen atoms in total. The summed E-state index contributed by atoms with van der Waals surface area (Å²) in [6, 6.07) is 5.68. The highest BCUT2D eigenvalue weighted by atomic mass is 35.5. The molecule has 7 heteroatoms. The Kier molecular flexibility index (Phi) is 5.32. The number of nitrogens with one attached hydrogen (secondary N) is 1. The summed E-state index contributed by atoms with van der Waals surface area (Å²) in [6.45, 7) is 3.93. The molecule has 0 aliphatic carbocycles. The van der Waals surface area contributed by atoms with Gasteiger partial charge in [0.25, 0.3) is 0 Å². The van der Waals surface area contributed by atoms with E-state index in [1.165, 1.54) is 18.2 Å². The summed E-state index contributed by atoms with van der Waals surface area (Å²) in [5.41, 5.74) is 6.02. The second kappa shape index (κ2) is 6.35. The molecule has 0 bridgehead atoms. The number of rotatable bonds is 5. The smallest absolute Gasteiger partial charge is 0.242 e. The van der Waals surface area contributed by atoms with Crippen molar-refractivity contribution in [2.45, 2.75) is 24.8 Å². The molecule has 1 atom stereocenters. The van der Waals surface area contributed by atoms with E-state index < -0.39 is 10.0 Å². The molecule has 0 saturated heterocycles. The van der Waals surface area contributed by atoms with Crippen LogP contribution in [0.25, 0.3) is 0 Å². The monoisotopic (exact) mass is 301 g/mol. The van der Waals surface area contributed by atoms with Gasteiger partial charge in [0, 0.05) is 12.6 Å². The standard InChI is InChI=1S/C12H16ClN3O2S/c1-8(2)11(15)7-16-19(17,18)12-5-9(6-14)3-4-10(12)13/h3-5,8,11,16H,7,15H2,1-2H3. The molecule has 0 fully saturated rings. The summed E-state index contributed by atoms with van der Waals surface area (Å²) in [4.78, 5) is -0.107. The first-order valence-electron chi connectivity index (χ1n) is 5.73. The van der Waals surface area contributed by atoms with E-state index in [1.54, 1.807) is 0 Å². The Bertz CT molecular complexity index is 593. The third-order valence-corrected chi connectivity index (χ3v) is 4.62. The van der Waals surface area contributed by atoms with Gasteiger partial charge in [-0.05, 0) is 24.1 Å². The van der Waals surface area contributed by atoms with Gasteiger partial charge in [-0.1, -0.05) is 25.4 Å². The summed E-state index contributed by atoms with van der Waals surface area (Å²) in [5.74, 6) is 0.156. The van der Waals surface area contributed by atoms with Gasteiger partial charge in [0.15, 0.2) is 0 Å². The fourth-order valence-corrected chi connectivity index (χ4v) is 2.89. The lowest BCUT2D eigenvalue weighted by molar-refractivity contribution is 0.481. The predicted molar refractivity (Wildman–Crippen MR) is 74.2 cm³/mol. The third kappa shape index (κ3) is 4.18. The Morgan fingerprint density at radius 1 is 1.47 bits per heavy atom. The van der Waals surface area contributed by atoms with Gasteiger partial charge in [0.1, 0.15) is 4.90 Å². The van der Waals surface area contributed by atoms with Crippen molar-refractivity contribution in [3.05, 3.63) is 28.8 Å². The largest absolute Gasteiger partial charge is 0.326 e. The summed E-state index contributed by atoms with van der Waals surface area (Å²) >= 11 is 5.86. The van der Waals surface area contributed by atoms with Crippen LogP contribution in [0.4, 0.5) is 0 Å². The maximum atomic E-state index is 12.1. The van der Waals surface area contributed by atoms with Gasteiger partial charge in [-0.3, -0.25) is 0 Å². The zero-order valence-electron chi connectivity index (χ0n) is 10.7. The highest BCUT2D eigenvalue weighted by molar-refractivity contribution is 7.89. The van der Waals surface area contributed by atoms with Crippen molar-refractivity contribution in [2.24, 2.45) is 11.7 Å². The molecule has 0 heterocycles. The second-order valence-electron chi connectivity index (χ2n) is 4.52. The Hall–Kier alpha value is -1.13. The Balaban J connectivity index is 2.98. The van der Waals surface area contributed by atoms with E-state index in [1.807, 2.05) is 19.9 Å². The number of benzene rings is 1. The van der Waals surface area contributed by atoms with Crippen LogP contribution in [0.3, 0.4) is 0 Å². The third-order valence-electron chi connectivity index (χ3n) is 2.72. The normalized spacial score (nSPS) is 13.3. The van der Waals surface area contributed by atoms with Crippen LogP contribution in [0.1, 0.15) is 19.4 Å². The van der Waals surface area contributed by atoms with Gasteiger partial charge in [-0.15, -0.1) is 0 Å². The van der Waals surface area contributed by atoms with Crippen molar-refractivity contribution < 1.29 is 8.42 Å². The molecular weight excluding hydrogens is 286 g/mol. The fourth-order valence-electron chi connectivity index (χ4n) is 1.30. The number of nitrogens with two attached hydrogens (primary N) is 1. The molecule has 0 aliphatic heterocycles. The molecule has 1 rings (SSSR count). The van der Waals surface area contributed by atoms with E-state index >= 15 is 0 Å². The minimum absolute atomic E-state index is 0.0737. The van der Waals surface area contributed by atoms with Crippen LogP contribution in [-0.2, 0) is 10.0 Å². The van der Waals surface area contributed by atoms with Crippen LogP contribution >= 0.6 is 11.6 Å². The Morgan fingerprint density at radius 2 is 2.11 bits per heavy atom. The van der Waals surface area contributed by atoms with Crippen LogP contribution < -0.4 is 10.5 Å². The van der Waals surface area contributed by atoms with E-state index in [4.69, 9.17) is 22.6 Å². The van der Waals surface area contributed by atoms with Crippen LogP contribution in [0.15, 0.2) is 23.1 Å². The molecule has 1 unspecified atom stereocenters. The molecule has 104 valence electrons. The molecular formula is C12H16ClN3O2S. The van der Waals surface area contributed by atoms with Crippen molar-refractivity contribution in [2.75, 3.05) is 6.54 Å². The fraction of sp³-hybridized carbons (Fsp3) is 0.417. The molecule has 0 radical (unpaired) electrons. The van der Waals surface area contributed by atoms with Crippen molar-refractivity contribution in [1.29, 1.82) is 5.26 Å². The van der Waals surface area contributed by atoms with Gasteiger partial charge in [0.05, 0.1) is 16.7 Å². The highest BCUT2D eigenvalue weighted by Crippen LogP contribution is 2.22. The zero-order chi connectivity index (χ0) is 14.6. The molecule has 0 saturated carbocycles. The molecule has 0 spiro atoms. The summed E-state index contributed by atoms with van der Waals surface area (Å²) in [5, 5.41) is 8.85. The average Bonchev–Trinajstić information content (AvgIpc) is 2.36. The van der Waals surface area contributed by atoms with E-state index in [2.05, 4.69) is 4.72 Å². The molecule has 19 heavy (non-hydrogen) atoms. The molecule has 1 aromatic carbocycles. The first kappa shape index (κ1) is 15.9. The summed E-state index contributed by atoms with van der Waals surface area (Å²) in [7, 11) is -3.77. The van der Waals surface area contributed by atoms with Crippen molar-refractivity contribution in [1.82, 2.24) is 4.72 Å². The van der Waals surface area contributed by atoms with Gasteiger partial charge in [0.2, 0.25) is 10.0 Å². The predicted octanol–water partition coefficient (Wildman–Crippen LogP) is 1.47. The quantitative estimate of drug-likeness (QED) is 0.861. The molecule has 0 aromatic heterocycles. The average molecular weight is 302 g/mol. The van der Waals surface area contributed by atoms with Gasteiger partial charge < -0.3 is 5.73 Å². The maximum Gasteiger partial charge on any atom is 0.242 e. The Labute approximate surface area is 118 Å². The second-order valence-corrected chi connectivity index (χ2v) is 6.66. The van der Waals surface area contributed by atoms with Gasteiger partial charge >= 0.3 is 0 Å². The van der Waals surface area contributed by atoms with Crippen molar-refractivity contribution in [3.8, 4) is 6.07 Å². The van der Waals surface area contributed by atoms with Crippen LogP contribution in [0, 0.1) is 17.2 Å². The molecule has 1 aromatic rings.